The summed E-state index contributed by atoms with van der Waals surface area (Å²) >= 11 is 1.77. The van der Waals surface area contributed by atoms with Crippen molar-refractivity contribution in [3.8, 4) is 0 Å². The van der Waals surface area contributed by atoms with Gasteiger partial charge in [-0.15, -0.1) is 0 Å². The summed E-state index contributed by atoms with van der Waals surface area (Å²) in [4.78, 5) is 11.0. The first-order valence-corrected chi connectivity index (χ1v) is 9.44. The van der Waals surface area contributed by atoms with E-state index in [1.807, 2.05) is 6.26 Å². The Morgan fingerprint density at radius 1 is 1.29 bits per heavy atom. The Kier molecular flexibility index (Phi) is 7.00. The van der Waals surface area contributed by atoms with E-state index >= 15 is 0 Å². The van der Waals surface area contributed by atoms with Gasteiger partial charge in [0.1, 0.15) is 4.90 Å². The first-order chi connectivity index (χ1) is 9.88. The number of benzene rings is 1. The third-order valence-corrected chi connectivity index (χ3v) is 5.13. The quantitative estimate of drug-likeness (QED) is 0.464. The molecule has 118 valence electrons. The van der Waals surface area contributed by atoms with Gasteiger partial charge >= 0.3 is 0 Å². The Balaban J connectivity index is 2.64. The van der Waals surface area contributed by atoms with Crippen molar-refractivity contribution in [2.24, 2.45) is 5.73 Å². The summed E-state index contributed by atoms with van der Waals surface area (Å²) in [7, 11) is -3.66. The molecule has 0 saturated heterocycles. The van der Waals surface area contributed by atoms with Gasteiger partial charge in [0.2, 0.25) is 15.9 Å². The third-order valence-electron chi connectivity index (χ3n) is 2.90. The van der Waals surface area contributed by atoms with Crippen LogP contribution in [0.4, 0.5) is 5.69 Å². The molecule has 1 rings (SSSR count). The lowest BCUT2D eigenvalue weighted by atomic mass is 10.2. The van der Waals surface area contributed by atoms with Crippen molar-refractivity contribution in [2.75, 3.05) is 24.3 Å². The van der Waals surface area contributed by atoms with Crippen LogP contribution in [0, 0.1) is 0 Å². The maximum absolute atomic E-state index is 12.1. The van der Waals surface area contributed by atoms with Crippen LogP contribution in [0.3, 0.4) is 0 Å². The fourth-order valence-electron chi connectivity index (χ4n) is 1.78. The van der Waals surface area contributed by atoms with Crippen LogP contribution in [0.2, 0.25) is 0 Å². The number of rotatable bonds is 9. The first-order valence-electron chi connectivity index (χ1n) is 6.56. The average Bonchev–Trinajstić information content (AvgIpc) is 2.42. The molecule has 1 aromatic rings. The molecule has 0 aliphatic heterocycles. The fraction of sp³-hybridized carbons (Fsp3) is 0.462. The van der Waals surface area contributed by atoms with Crippen LogP contribution in [0.1, 0.15) is 29.6 Å². The van der Waals surface area contributed by atoms with E-state index in [1.165, 1.54) is 18.2 Å². The van der Waals surface area contributed by atoms with E-state index in [0.717, 1.165) is 25.0 Å². The number of primary amides is 1. The van der Waals surface area contributed by atoms with Crippen LogP contribution in [-0.2, 0) is 10.0 Å². The van der Waals surface area contributed by atoms with Crippen molar-refractivity contribution in [1.29, 1.82) is 0 Å². The number of nitrogen functional groups attached to an aromatic ring is 1. The molecule has 0 heterocycles. The van der Waals surface area contributed by atoms with Crippen molar-refractivity contribution >= 4 is 33.4 Å². The summed E-state index contributed by atoms with van der Waals surface area (Å²) in [6.45, 7) is 0.369. The highest BCUT2D eigenvalue weighted by molar-refractivity contribution is 7.98. The number of unbranched alkanes of at least 4 members (excludes halogenated alkanes) is 2. The topological polar surface area (TPSA) is 115 Å². The number of sulfonamides is 1. The number of carbonyl (C=O) groups excluding carboxylic acids is 1. The average molecular weight is 331 g/mol. The minimum absolute atomic E-state index is 0.0150. The summed E-state index contributed by atoms with van der Waals surface area (Å²) in [6, 6.07) is 3.92. The molecule has 0 fully saturated rings. The number of thioether (sulfide) groups is 1. The molecule has 0 atom stereocenters. The van der Waals surface area contributed by atoms with E-state index < -0.39 is 15.9 Å². The van der Waals surface area contributed by atoms with E-state index in [-0.39, 0.29) is 16.1 Å². The van der Waals surface area contributed by atoms with Crippen LogP contribution in [-0.4, -0.2) is 32.9 Å². The van der Waals surface area contributed by atoms with E-state index in [1.54, 1.807) is 11.8 Å². The normalized spacial score (nSPS) is 11.5. The molecule has 21 heavy (non-hydrogen) atoms. The predicted molar refractivity (Wildman–Crippen MR) is 86.8 cm³/mol. The molecule has 5 N–H and O–H groups in total. The van der Waals surface area contributed by atoms with Gasteiger partial charge in [-0.3, -0.25) is 4.79 Å². The molecule has 0 aliphatic rings. The van der Waals surface area contributed by atoms with E-state index in [4.69, 9.17) is 11.5 Å². The second kappa shape index (κ2) is 8.26. The molecular formula is C13H21N3O3S2. The minimum Gasteiger partial charge on any atom is -0.398 e. The number of nitrogens with one attached hydrogen (secondary N) is 1. The Labute approximate surface area is 129 Å². The Morgan fingerprint density at radius 2 is 2.00 bits per heavy atom. The monoisotopic (exact) mass is 331 g/mol. The molecule has 0 aromatic heterocycles. The van der Waals surface area contributed by atoms with Gasteiger partial charge in [0.05, 0.1) is 5.69 Å². The zero-order chi connectivity index (χ0) is 15.9. The number of nitrogens with two attached hydrogens (primary N) is 2. The number of hydrogen-bond donors (Lipinski definition) is 3. The third kappa shape index (κ3) is 5.56. The number of carbonyl (C=O) groups is 1. The highest BCUT2D eigenvalue weighted by atomic mass is 32.2. The summed E-state index contributed by atoms with van der Waals surface area (Å²) in [5, 5.41) is 0. The number of hydrogen-bond acceptors (Lipinski definition) is 5. The van der Waals surface area contributed by atoms with Crippen molar-refractivity contribution < 1.29 is 13.2 Å². The second-order valence-electron chi connectivity index (χ2n) is 4.57. The highest BCUT2D eigenvalue weighted by Crippen LogP contribution is 2.19. The predicted octanol–water partition coefficient (Wildman–Crippen LogP) is 1.18. The SMILES string of the molecule is CSCCCCCNS(=O)(=O)c1ccc(C(N)=O)cc1N. The molecule has 6 nitrogen and oxygen atoms in total. The van der Waals surface area contributed by atoms with Crippen LogP contribution in [0.15, 0.2) is 23.1 Å². The van der Waals surface area contributed by atoms with Crippen LogP contribution in [0.5, 0.6) is 0 Å². The van der Waals surface area contributed by atoms with E-state index in [2.05, 4.69) is 4.72 Å². The van der Waals surface area contributed by atoms with Crippen molar-refractivity contribution in [1.82, 2.24) is 4.72 Å². The maximum Gasteiger partial charge on any atom is 0.248 e. The maximum atomic E-state index is 12.1. The summed E-state index contributed by atoms with van der Waals surface area (Å²) in [5.74, 6) is 0.432. The molecule has 0 bridgehead atoms. The summed E-state index contributed by atoms with van der Waals surface area (Å²) in [5.41, 5.74) is 11.0. The van der Waals surface area contributed by atoms with Gasteiger partial charge < -0.3 is 11.5 Å². The lowest BCUT2D eigenvalue weighted by Crippen LogP contribution is -2.26. The van der Waals surface area contributed by atoms with Crippen LogP contribution in [0.25, 0.3) is 0 Å². The van der Waals surface area contributed by atoms with E-state index in [9.17, 15) is 13.2 Å². The summed E-state index contributed by atoms with van der Waals surface area (Å²) in [6.07, 6.45) is 4.86. The number of amides is 1. The van der Waals surface area contributed by atoms with Gasteiger partial charge in [0.15, 0.2) is 0 Å². The Morgan fingerprint density at radius 3 is 2.57 bits per heavy atom. The standard InChI is InChI=1S/C13H21N3O3S2/c1-20-8-4-2-3-7-16-21(18,19)12-6-5-10(13(15)17)9-11(12)14/h5-6,9,16H,2-4,7-8,14H2,1H3,(H2,15,17). The number of anilines is 1. The second-order valence-corrected chi connectivity index (χ2v) is 7.29. The zero-order valence-electron chi connectivity index (χ0n) is 12.0. The van der Waals surface area contributed by atoms with Crippen molar-refractivity contribution in [2.45, 2.75) is 24.2 Å². The van der Waals surface area contributed by atoms with Gasteiger partial charge in [-0.05, 0) is 43.0 Å². The molecule has 0 unspecified atom stereocenters. The lowest BCUT2D eigenvalue weighted by Gasteiger charge is -2.09. The van der Waals surface area contributed by atoms with Crippen LogP contribution < -0.4 is 16.2 Å². The smallest absolute Gasteiger partial charge is 0.248 e. The fourth-order valence-corrected chi connectivity index (χ4v) is 3.46. The van der Waals surface area contributed by atoms with E-state index in [0.29, 0.717) is 6.54 Å². The molecule has 8 heteroatoms. The van der Waals surface area contributed by atoms with Crippen molar-refractivity contribution in [3.63, 3.8) is 0 Å². The Hall–Kier alpha value is -1.25. The van der Waals surface area contributed by atoms with Gasteiger partial charge in [0, 0.05) is 12.1 Å². The largest absolute Gasteiger partial charge is 0.398 e. The zero-order valence-corrected chi connectivity index (χ0v) is 13.6. The first kappa shape index (κ1) is 17.8. The molecular weight excluding hydrogens is 310 g/mol. The molecule has 0 saturated carbocycles. The molecule has 1 amide bonds. The van der Waals surface area contributed by atoms with Gasteiger partial charge in [-0.2, -0.15) is 11.8 Å². The molecule has 0 spiro atoms. The van der Waals surface area contributed by atoms with Gasteiger partial charge in [-0.25, -0.2) is 13.1 Å². The molecule has 1 aromatic carbocycles. The van der Waals surface area contributed by atoms with Crippen molar-refractivity contribution in [3.05, 3.63) is 23.8 Å². The highest BCUT2D eigenvalue weighted by Gasteiger charge is 2.17. The molecule has 0 aliphatic carbocycles. The van der Waals surface area contributed by atoms with Gasteiger partial charge in [-0.1, -0.05) is 6.42 Å². The minimum atomic E-state index is -3.66. The molecule has 0 radical (unpaired) electrons. The summed E-state index contributed by atoms with van der Waals surface area (Å²) < 4.78 is 26.7. The lowest BCUT2D eigenvalue weighted by molar-refractivity contribution is 0.1000. The van der Waals surface area contributed by atoms with Crippen LogP contribution >= 0.6 is 11.8 Å². The Bertz CT molecular complexity index is 588. The van der Waals surface area contributed by atoms with Gasteiger partial charge in [0.25, 0.3) is 0 Å².